The summed E-state index contributed by atoms with van der Waals surface area (Å²) in [5.74, 6) is -0.329. The third-order valence-corrected chi connectivity index (χ3v) is 12.3. The quantitative estimate of drug-likeness (QED) is 0.0198. The van der Waals surface area contributed by atoms with Crippen LogP contribution in [0.1, 0.15) is 245 Å². The van der Waals surface area contributed by atoms with Gasteiger partial charge in [0, 0.05) is 13.0 Å². The lowest BCUT2D eigenvalue weighted by Crippen LogP contribution is -2.37. The molecule has 0 fully saturated rings. The van der Waals surface area contributed by atoms with Crippen molar-refractivity contribution in [2.45, 2.75) is 251 Å². The zero-order chi connectivity index (χ0) is 43.4. The zero-order valence-corrected chi connectivity index (χ0v) is 40.9. The molecule has 8 nitrogen and oxygen atoms in total. The lowest BCUT2D eigenvalue weighted by Gasteiger charge is -2.28. The van der Waals surface area contributed by atoms with Crippen molar-refractivity contribution in [2.75, 3.05) is 54.1 Å². The van der Waals surface area contributed by atoms with Gasteiger partial charge in [-0.3, -0.25) is 9.36 Å². The van der Waals surface area contributed by atoms with Gasteiger partial charge in [0.15, 0.2) is 0 Å². The average Bonchev–Trinajstić information content (AvgIpc) is 3.19. The van der Waals surface area contributed by atoms with E-state index in [1.54, 1.807) is 0 Å². The lowest BCUT2D eigenvalue weighted by molar-refractivity contribution is -0.870. The van der Waals surface area contributed by atoms with Crippen LogP contribution in [0.3, 0.4) is 0 Å². The van der Waals surface area contributed by atoms with E-state index in [1.165, 1.54) is 193 Å². The predicted molar refractivity (Wildman–Crippen MR) is 250 cm³/mol. The topological polar surface area (TPSA) is 94.1 Å². The first-order valence-corrected chi connectivity index (χ1v) is 26.9. The van der Waals surface area contributed by atoms with Gasteiger partial charge in [0.2, 0.25) is 0 Å². The highest BCUT2D eigenvalue weighted by Gasteiger charge is 2.20. The minimum absolute atomic E-state index is 0.0295. The summed E-state index contributed by atoms with van der Waals surface area (Å²) in [6, 6.07) is 0. The number of hydrogen-bond donors (Lipinski definition) is 0. The molecule has 0 spiro atoms. The Kier molecular flexibility index (Phi) is 43.3. The van der Waals surface area contributed by atoms with E-state index in [4.69, 9.17) is 18.5 Å². The summed E-state index contributed by atoms with van der Waals surface area (Å²) in [6.07, 6.45) is 49.4. The van der Waals surface area contributed by atoms with Crippen molar-refractivity contribution in [2.24, 2.45) is 0 Å². The number of quaternary nitrogens is 1. The molecule has 0 saturated carbocycles. The number of carbonyl (C=O) groups excluding carboxylic acids is 1. The summed E-state index contributed by atoms with van der Waals surface area (Å²) in [4.78, 5) is 25.1. The minimum atomic E-state index is -4.52. The van der Waals surface area contributed by atoms with Gasteiger partial charge in [-0.1, -0.05) is 212 Å². The number of likely N-dealkylation sites (N-methyl/N-ethyl adjacent to an activating group) is 1. The maximum atomic E-state index is 12.7. The van der Waals surface area contributed by atoms with E-state index in [9.17, 15) is 14.3 Å². The molecule has 0 heterocycles. The molecule has 0 saturated heterocycles. The number of hydrogen-bond acceptors (Lipinski definition) is 7. The number of ether oxygens (including phenoxy) is 2. The second-order valence-electron chi connectivity index (χ2n) is 18.5. The Morgan fingerprint density at radius 2 is 0.881 bits per heavy atom. The fourth-order valence-electron chi connectivity index (χ4n) is 7.37. The van der Waals surface area contributed by atoms with E-state index in [0.717, 1.165) is 32.1 Å². The van der Waals surface area contributed by atoms with Crippen LogP contribution in [0.5, 0.6) is 0 Å². The Morgan fingerprint density at radius 1 is 0.508 bits per heavy atom. The first-order chi connectivity index (χ1) is 28.6. The van der Waals surface area contributed by atoms with Gasteiger partial charge in [-0.25, -0.2) is 0 Å². The van der Waals surface area contributed by atoms with Gasteiger partial charge >= 0.3 is 5.97 Å². The number of allylic oxidation sites excluding steroid dienone is 2. The van der Waals surface area contributed by atoms with Gasteiger partial charge in [-0.15, -0.1) is 0 Å². The smallest absolute Gasteiger partial charge is 0.306 e. The molecule has 0 aromatic carbocycles. The highest BCUT2D eigenvalue weighted by atomic mass is 31.2. The first kappa shape index (κ1) is 58.2. The Labute approximate surface area is 367 Å². The van der Waals surface area contributed by atoms with Crippen LogP contribution in [0, 0.1) is 0 Å². The number of rotatable bonds is 48. The van der Waals surface area contributed by atoms with Gasteiger partial charge in [-0.05, 0) is 38.5 Å². The molecule has 0 aliphatic heterocycles. The summed E-state index contributed by atoms with van der Waals surface area (Å²) in [6.45, 7) is 5.46. The average molecular weight is 858 g/mol. The molecule has 0 aliphatic rings. The molecular formula is C50H100NO7P. The van der Waals surface area contributed by atoms with Crippen LogP contribution < -0.4 is 4.89 Å². The lowest BCUT2D eigenvalue weighted by atomic mass is 10.0. The number of phosphoric acid groups is 1. The molecule has 2 unspecified atom stereocenters. The largest absolute Gasteiger partial charge is 0.756 e. The second-order valence-corrected chi connectivity index (χ2v) is 19.9. The number of unbranched alkanes of at least 4 members (excludes halogenated alkanes) is 32. The first-order valence-electron chi connectivity index (χ1n) is 25.4. The molecule has 0 aromatic rings. The number of phosphoric ester groups is 1. The van der Waals surface area contributed by atoms with Crippen LogP contribution >= 0.6 is 7.82 Å². The van der Waals surface area contributed by atoms with E-state index >= 15 is 0 Å². The van der Waals surface area contributed by atoms with Crippen molar-refractivity contribution in [3.05, 3.63) is 12.2 Å². The summed E-state index contributed by atoms with van der Waals surface area (Å²) < 4.78 is 34.7. The molecule has 352 valence electrons. The summed E-state index contributed by atoms with van der Waals surface area (Å²) in [5, 5.41) is 0. The molecular weight excluding hydrogens is 758 g/mol. The SMILES string of the molecule is CCCCCCCCCC/C=C\CCCCCCCCCCCCOCC(COP(=O)([O-])OCC[N+](C)(C)C)OC(=O)CCCCCCCCCCCCCCCCC. The van der Waals surface area contributed by atoms with Gasteiger partial charge in [0.1, 0.15) is 19.3 Å². The monoisotopic (exact) mass is 858 g/mol. The van der Waals surface area contributed by atoms with E-state index in [2.05, 4.69) is 26.0 Å². The predicted octanol–water partition coefficient (Wildman–Crippen LogP) is 14.8. The fraction of sp³-hybridized carbons (Fsp3) is 0.940. The molecule has 0 radical (unpaired) electrons. The Balaban J connectivity index is 4.09. The van der Waals surface area contributed by atoms with Crippen LogP contribution in [-0.4, -0.2) is 70.7 Å². The van der Waals surface area contributed by atoms with E-state index in [-0.39, 0.29) is 25.8 Å². The standard InChI is InChI=1S/C50H100NO7P/c1-6-8-10-12-14-16-18-20-22-23-24-25-26-27-28-30-32-34-36-38-40-42-45-55-47-49(48-57-59(53,54)56-46-44-51(3,4)5)58-50(52)43-41-39-37-35-33-31-29-21-19-17-15-13-11-9-7-2/h23-24,49H,6-22,25-48H2,1-5H3/b24-23-. The molecule has 0 N–H and O–H groups in total. The Morgan fingerprint density at radius 3 is 1.29 bits per heavy atom. The highest BCUT2D eigenvalue weighted by molar-refractivity contribution is 7.45. The molecule has 0 aromatic heterocycles. The van der Waals surface area contributed by atoms with Crippen LogP contribution in [0.25, 0.3) is 0 Å². The highest BCUT2D eigenvalue weighted by Crippen LogP contribution is 2.38. The fourth-order valence-corrected chi connectivity index (χ4v) is 8.10. The van der Waals surface area contributed by atoms with Gasteiger partial charge in [-0.2, -0.15) is 0 Å². The molecule has 9 heteroatoms. The third kappa shape index (κ3) is 48.1. The number of carbonyl (C=O) groups is 1. The number of nitrogens with zero attached hydrogens (tertiary/aromatic N) is 1. The van der Waals surface area contributed by atoms with E-state index in [1.807, 2.05) is 21.1 Å². The van der Waals surface area contributed by atoms with Crippen molar-refractivity contribution < 1.29 is 37.3 Å². The summed E-state index contributed by atoms with van der Waals surface area (Å²) >= 11 is 0. The van der Waals surface area contributed by atoms with Gasteiger partial charge in [0.25, 0.3) is 7.82 Å². The van der Waals surface area contributed by atoms with Crippen LogP contribution in [0.4, 0.5) is 0 Å². The Bertz CT molecular complexity index is 956. The van der Waals surface area contributed by atoms with Gasteiger partial charge in [0.05, 0.1) is 34.4 Å². The molecule has 59 heavy (non-hydrogen) atoms. The zero-order valence-electron chi connectivity index (χ0n) is 40.0. The van der Waals surface area contributed by atoms with Crippen LogP contribution in [-0.2, 0) is 27.9 Å². The maximum Gasteiger partial charge on any atom is 0.306 e. The van der Waals surface area contributed by atoms with Crippen molar-refractivity contribution >= 4 is 13.8 Å². The number of esters is 1. The van der Waals surface area contributed by atoms with Crippen molar-refractivity contribution in [3.8, 4) is 0 Å². The van der Waals surface area contributed by atoms with Crippen molar-refractivity contribution in [3.63, 3.8) is 0 Å². The normalized spacial score (nSPS) is 13.7. The molecule has 0 rings (SSSR count). The third-order valence-electron chi connectivity index (χ3n) is 11.3. The van der Waals surface area contributed by atoms with Crippen molar-refractivity contribution in [1.29, 1.82) is 0 Å². The maximum absolute atomic E-state index is 12.7. The summed E-state index contributed by atoms with van der Waals surface area (Å²) in [7, 11) is 1.37. The molecule has 0 amide bonds. The van der Waals surface area contributed by atoms with E-state index in [0.29, 0.717) is 24.1 Å². The Hall–Kier alpha value is -0.760. The molecule has 2 atom stereocenters. The second kappa shape index (κ2) is 43.9. The van der Waals surface area contributed by atoms with Crippen LogP contribution in [0.2, 0.25) is 0 Å². The van der Waals surface area contributed by atoms with Crippen LogP contribution in [0.15, 0.2) is 12.2 Å². The minimum Gasteiger partial charge on any atom is -0.756 e. The molecule has 0 aliphatic carbocycles. The molecule has 0 bridgehead atoms. The van der Waals surface area contributed by atoms with Gasteiger partial charge < -0.3 is 27.9 Å². The van der Waals surface area contributed by atoms with Crippen molar-refractivity contribution in [1.82, 2.24) is 0 Å². The van der Waals surface area contributed by atoms with E-state index < -0.39 is 13.9 Å². The summed E-state index contributed by atoms with van der Waals surface area (Å²) in [5.41, 5.74) is 0.